The first-order valence-corrected chi connectivity index (χ1v) is 6.44. The van der Waals surface area contributed by atoms with Crippen LogP contribution in [0.1, 0.15) is 60.7 Å². The SMILES string of the molecule is CCOC(=O)c1oc(CC2CC2)nc1C1CC1. The van der Waals surface area contributed by atoms with Gasteiger partial charge in [0.15, 0.2) is 5.89 Å². The van der Waals surface area contributed by atoms with E-state index in [9.17, 15) is 4.79 Å². The van der Waals surface area contributed by atoms with Gasteiger partial charge in [-0.1, -0.05) is 0 Å². The van der Waals surface area contributed by atoms with Crippen molar-refractivity contribution >= 4 is 5.97 Å². The predicted molar refractivity (Wildman–Crippen MR) is 60.9 cm³/mol. The lowest BCUT2D eigenvalue weighted by Crippen LogP contribution is -2.05. The fraction of sp³-hybridized carbons (Fsp3) is 0.692. The normalized spacial score (nSPS) is 19.4. The van der Waals surface area contributed by atoms with Gasteiger partial charge in [-0.25, -0.2) is 9.78 Å². The van der Waals surface area contributed by atoms with Crippen LogP contribution < -0.4 is 0 Å². The molecule has 0 radical (unpaired) electrons. The predicted octanol–water partition coefficient (Wildman–Crippen LogP) is 2.68. The molecule has 2 saturated carbocycles. The van der Waals surface area contributed by atoms with Crippen LogP contribution in [0.5, 0.6) is 0 Å². The van der Waals surface area contributed by atoms with Crippen molar-refractivity contribution in [3.05, 3.63) is 17.3 Å². The second-order valence-electron chi connectivity index (χ2n) is 4.96. The molecule has 0 bridgehead atoms. The number of carbonyl (C=O) groups is 1. The van der Waals surface area contributed by atoms with Crippen LogP contribution in [-0.2, 0) is 11.2 Å². The van der Waals surface area contributed by atoms with E-state index in [2.05, 4.69) is 4.98 Å². The van der Waals surface area contributed by atoms with Gasteiger partial charge in [-0.3, -0.25) is 0 Å². The fourth-order valence-electron chi connectivity index (χ4n) is 2.01. The minimum atomic E-state index is -0.357. The lowest BCUT2D eigenvalue weighted by molar-refractivity contribution is 0.0486. The summed E-state index contributed by atoms with van der Waals surface area (Å²) in [6, 6.07) is 0. The summed E-state index contributed by atoms with van der Waals surface area (Å²) in [5, 5.41) is 0. The Morgan fingerprint density at radius 2 is 2.18 bits per heavy atom. The van der Waals surface area contributed by atoms with Crippen molar-refractivity contribution in [3.8, 4) is 0 Å². The Kier molecular flexibility index (Phi) is 2.65. The molecule has 0 aliphatic heterocycles. The van der Waals surface area contributed by atoms with E-state index in [1.54, 1.807) is 6.92 Å². The van der Waals surface area contributed by atoms with Crippen molar-refractivity contribution in [2.24, 2.45) is 5.92 Å². The molecule has 2 fully saturated rings. The zero-order chi connectivity index (χ0) is 11.8. The van der Waals surface area contributed by atoms with Gasteiger partial charge in [0.25, 0.3) is 0 Å². The molecular weight excluding hydrogens is 218 g/mol. The maximum absolute atomic E-state index is 11.8. The standard InChI is InChI=1S/C13H17NO3/c1-2-16-13(15)12-11(9-5-6-9)14-10(17-12)7-8-3-4-8/h8-9H,2-7H2,1H3. The minimum Gasteiger partial charge on any atom is -0.460 e. The van der Waals surface area contributed by atoms with E-state index in [0.29, 0.717) is 18.3 Å². The van der Waals surface area contributed by atoms with Crippen LogP contribution in [0.3, 0.4) is 0 Å². The third-order valence-electron chi connectivity index (χ3n) is 3.28. The Hall–Kier alpha value is -1.32. The molecule has 0 N–H and O–H groups in total. The van der Waals surface area contributed by atoms with Gasteiger partial charge in [0.1, 0.15) is 0 Å². The molecule has 0 unspecified atom stereocenters. The Morgan fingerprint density at radius 3 is 2.76 bits per heavy atom. The Balaban J connectivity index is 1.82. The first kappa shape index (κ1) is 10.8. The summed E-state index contributed by atoms with van der Waals surface area (Å²) in [5.74, 6) is 1.85. The zero-order valence-corrected chi connectivity index (χ0v) is 10.1. The summed E-state index contributed by atoms with van der Waals surface area (Å²) in [6.07, 6.45) is 5.62. The second-order valence-corrected chi connectivity index (χ2v) is 4.96. The van der Waals surface area contributed by atoms with Crippen molar-refractivity contribution in [1.82, 2.24) is 4.98 Å². The third-order valence-corrected chi connectivity index (χ3v) is 3.28. The van der Waals surface area contributed by atoms with Crippen LogP contribution in [0.4, 0.5) is 0 Å². The van der Waals surface area contributed by atoms with Crippen LogP contribution in [0, 0.1) is 5.92 Å². The van der Waals surface area contributed by atoms with E-state index >= 15 is 0 Å². The average molecular weight is 235 g/mol. The van der Waals surface area contributed by atoms with Crippen LogP contribution in [0.2, 0.25) is 0 Å². The number of esters is 1. The summed E-state index contributed by atoms with van der Waals surface area (Å²) in [7, 11) is 0. The smallest absolute Gasteiger partial charge is 0.376 e. The van der Waals surface area contributed by atoms with Gasteiger partial charge in [-0.15, -0.1) is 0 Å². The highest BCUT2D eigenvalue weighted by Gasteiger charge is 2.35. The minimum absolute atomic E-state index is 0.352. The van der Waals surface area contributed by atoms with Gasteiger partial charge < -0.3 is 9.15 Å². The molecular formula is C13H17NO3. The number of hydrogen-bond donors (Lipinski definition) is 0. The van der Waals surface area contributed by atoms with Crippen LogP contribution in [-0.4, -0.2) is 17.6 Å². The van der Waals surface area contributed by atoms with Gasteiger partial charge in [0, 0.05) is 12.3 Å². The summed E-state index contributed by atoms with van der Waals surface area (Å²) < 4.78 is 10.6. The topological polar surface area (TPSA) is 52.3 Å². The number of aromatic nitrogens is 1. The van der Waals surface area contributed by atoms with Crippen molar-refractivity contribution in [1.29, 1.82) is 0 Å². The fourth-order valence-corrected chi connectivity index (χ4v) is 2.01. The summed E-state index contributed by atoms with van der Waals surface area (Å²) in [5.41, 5.74) is 0.833. The van der Waals surface area contributed by atoms with Crippen molar-refractivity contribution < 1.29 is 13.9 Å². The number of ether oxygens (including phenoxy) is 1. The van der Waals surface area contributed by atoms with E-state index in [1.807, 2.05) is 0 Å². The van der Waals surface area contributed by atoms with E-state index in [4.69, 9.17) is 9.15 Å². The zero-order valence-electron chi connectivity index (χ0n) is 10.1. The molecule has 0 aromatic carbocycles. The van der Waals surface area contributed by atoms with Gasteiger partial charge >= 0.3 is 5.97 Å². The number of oxazole rings is 1. The maximum Gasteiger partial charge on any atom is 0.376 e. The van der Waals surface area contributed by atoms with E-state index < -0.39 is 0 Å². The lowest BCUT2D eigenvalue weighted by Gasteiger charge is -1.98. The molecule has 4 heteroatoms. The van der Waals surface area contributed by atoms with Gasteiger partial charge in [0.05, 0.1) is 12.3 Å². The average Bonchev–Trinajstić information content (AvgIpc) is 3.19. The summed E-state index contributed by atoms with van der Waals surface area (Å²) >= 11 is 0. The van der Waals surface area contributed by atoms with E-state index in [0.717, 1.165) is 36.8 Å². The first-order valence-electron chi connectivity index (χ1n) is 6.44. The summed E-state index contributed by atoms with van der Waals surface area (Å²) in [6.45, 7) is 2.18. The highest BCUT2D eigenvalue weighted by molar-refractivity contribution is 5.87. The molecule has 2 aliphatic carbocycles. The molecule has 17 heavy (non-hydrogen) atoms. The monoisotopic (exact) mass is 235 g/mol. The quantitative estimate of drug-likeness (QED) is 0.736. The second kappa shape index (κ2) is 4.17. The van der Waals surface area contributed by atoms with Crippen LogP contribution in [0.15, 0.2) is 4.42 Å². The molecule has 0 spiro atoms. The van der Waals surface area contributed by atoms with Gasteiger partial charge in [-0.05, 0) is 38.5 Å². The molecule has 0 saturated heterocycles. The van der Waals surface area contributed by atoms with Crippen molar-refractivity contribution in [3.63, 3.8) is 0 Å². The Bertz CT molecular complexity index is 430. The van der Waals surface area contributed by atoms with Gasteiger partial charge in [0.2, 0.25) is 5.76 Å². The number of nitrogens with zero attached hydrogens (tertiary/aromatic N) is 1. The highest BCUT2D eigenvalue weighted by Crippen LogP contribution is 2.42. The largest absolute Gasteiger partial charge is 0.460 e. The van der Waals surface area contributed by atoms with Gasteiger partial charge in [-0.2, -0.15) is 0 Å². The Morgan fingerprint density at radius 1 is 1.41 bits per heavy atom. The molecule has 1 aromatic rings. The molecule has 3 rings (SSSR count). The molecule has 4 nitrogen and oxygen atoms in total. The highest BCUT2D eigenvalue weighted by atomic mass is 16.5. The van der Waals surface area contributed by atoms with Crippen molar-refractivity contribution in [2.75, 3.05) is 6.61 Å². The van der Waals surface area contributed by atoms with E-state index in [1.165, 1.54) is 12.8 Å². The van der Waals surface area contributed by atoms with Crippen LogP contribution in [0.25, 0.3) is 0 Å². The lowest BCUT2D eigenvalue weighted by atomic mass is 10.2. The molecule has 0 amide bonds. The number of rotatable bonds is 5. The third kappa shape index (κ3) is 2.35. The molecule has 92 valence electrons. The van der Waals surface area contributed by atoms with Crippen molar-refractivity contribution in [2.45, 2.75) is 44.9 Å². The maximum atomic E-state index is 11.8. The molecule has 1 aromatic heterocycles. The van der Waals surface area contributed by atoms with E-state index in [-0.39, 0.29) is 5.97 Å². The number of hydrogen-bond acceptors (Lipinski definition) is 4. The first-order chi connectivity index (χ1) is 8.28. The Labute approximate surface area is 100 Å². The molecule has 1 heterocycles. The molecule has 0 atom stereocenters. The summed E-state index contributed by atoms with van der Waals surface area (Å²) in [4.78, 5) is 16.2. The molecule has 2 aliphatic rings. The van der Waals surface area contributed by atoms with Crippen LogP contribution >= 0.6 is 0 Å². The number of carbonyl (C=O) groups excluding carboxylic acids is 1.